The van der Waals surface area contributed by atoms with Crippen molar-refractivity contribution in [2.45, 2.75) is 65.2 Å². The van der Waals surface area contributed by atoms with Crippen molar-refractivity contribution in [2.75, 3.05) is 0 Å². The molecule has 3 rings (SSSR count). The van der Waals surface area contributed by atoms with Crippen LogP contribution in [0.3, 0.4) is 0 Å². The standard InChI is InChI=1S/C20H26O3/c1-3-4-5-6-7-14-11-17(21)19-16-10-13(2)8-9-15(16)20(22)23-18(19)12-14/h11-13,21H,3-10H2,1-2H3/t13-/m1/s1. The number of rotatable bonds is 5. The Labute approximate surface area is 137 Å². The second-order valence-electron chi connectivity index (χ2n) is 6.99. The lowest BCUT2D eigenvalue weighted by Crippen LogP contribution is -2.20. The van der Waals surface area contributed by atoms with Crippen LogP contribution in [0.15, 0.2) is 21.3 Å². The van der Waals surface area contributed by atoms with E-state index in [2.05, 4.69) is 13.8 Å². The van der Waals surface area contributed by atoms with Crippen LogP contribution in [0.2, 0.25) is 0 Å². The van der Waals surface area contributed by atoms with E-state index in [4.69, 9.17) is 4.42 Å². The number of unbranched alkanes of at least 4 members (excludes halogenated alkanes) is 3. The minimum atomic E-state index is -0.220. The monoisotopic (exact) mass is 314 g/mol. The van der Waals surface area contributed by atoms with Crippen molar-refractivity contribution in [1.29, 1.82) is 0 Å². The highest BCUT2D eigenvalue weighted by Gasteiger charge is 2.23. The molecule has 0 bridgehead atoms. The Morgan fingerprint density at radius 2 is 2.04 bits per heavy atom. The van der Waals surface area contributed by atoms with E-state index < -0.39 is 0 Å². The van der Waals surface area contributed by atoms with E-state index in [1.165, 1.54) is 19.3 Å². The van der Waals surface area contributed by atoms with Crippen LogP contribution in [-0.4, -0.2) is 5.11 Å². The molecule has 3 heteroatoms. The van der Waals surface area contributed by atoms with Gasteiger partial charge in [-0.1, -0.05) is 33.1 Å². The van der Waals surface area contributed by atoms with Crippen molar-refractivity contribution >= 4 is 11.0 Å². The largest absolute Gasteiger partial charge is 0.507 e. The number of benzene rings is 1. The third-order valence-corrected chi connectivity index (χ3v) is 5.01. The van der Waals surface area contributed by atoms with Gasteiger partial charge in [-0.05, 0) is 61.3 Å². The highest BCUT2D eigenvalue weighted by atomic mass is 16.4. The second-order valence-corrected chi connectivity index (χ2v) is 6.99. The quantitative estimate of drug-likeness (QED) is 0.640. The molecule has 23 heavy (non-hydrogen) atoms. The van der Waals surface area contributed by atoms with Crippen molar-refractivity contribution in [3.63, 3.8) is 0 Å². The molecule has 0 saturated heterocycles. The van der Waals surface area contributed by atoms with Crippen LogP contribution in [-0.2, 0) is 19.3 Å². The first-order chi connectivity index (χ1) is 11.1. The lowest BCUT2D eigenvalue weighted by Gasteiger charge is -2.22. The number of aromatic hydroxyl groups is 1. The van der Waals surface area contributed by atoms with E-state index in [0.29, 0.717) is 11.5 Å². The number of aryl methyl sites for hydroxylation is 1. The first-order valence-electron chi connectivity index (χ1n) is 8.90. The zero-order chi connectivity index (χ0) is 16.4. The molecule has 124 valence electrons. The Morgan fingerprint density at radius 3 is 2.83 bits per heavy atom. The van der Waals surface area contributed by atoms with Gasteiger partial charge in [0, 0.05) is 5.56 Å². The molecular formula is C20H26O3. The molecule has 1 aliphatic carbocycles. The maximum Gasteiger partial charge on any atom is 0.339 e. The molecule has 1 aliphatic rings. The van der Waals surface area contributed by atoms with E-state index in [1.807, 2.05) is 12.1 Å². The lowest BCUT2D eigenvalue weighted by atomic mass is 9.84. The number of phenolic OH excluding ortho intramolecular Hbond substituents is 1. The van der Waals surface area contributed by atoms with Crippen LogP contribution in [0.5, 0.6) is 5.75 Å². The van der Waals surface area contributed by atoms with E-state index >= 15 is 0 Å². The molecule has 1 aromatic heterocycles. The van der Waals surface area contributed by atoms with Gasteiger partial charge in [-0.25, -0.2) is 4.79 Å². The van der Waals surface area contributed by atoms with Crippen molar-refractivity contribution in [3.8, 4) is 5.75 Å². The summed E-state index contributed by atoms with van der Waals surface area (Å²) in [6.07, 6.45) is 8.28. The average molecular weight is 314 g/mol. The number of fused-ring (bicyclic) bond motifs is 3. The van der Waals surface area contributed by atoms with Gasteiger partial charge < -0.3 is 9.52 Å². The average Bonchev–Trinajstić information content (AvgIpc) is 2.51. The molecule has 0 spiro atoms. The third-order valence-electron chi connectivity index (χ3n) is 5.01. The van der Waals surface area contributed by atoms with Crippen LogP contribution in [0.4, 0.5) is 0 Å². The fraction of sp³-hybridized carbons (Fsp3) is 0.550. The van der Waals surface area contributed by atoms with Crippen molar-refractivity contribution in [2.24, 2.45) is 5.92 Å². The van der Waals surface area contributed by atoms with Gasteiger partial charge in [0.15, 0.2) is 0 Å². The molecule has 0 fully saturated rings. The number of hydrogen-bond acceptors (Lipinski definition) is 3. The van der Waals surface area contributed by atoms with Crippen LogP contribution in [0, 0.1) is 5.92 Å². The van der Waals surface area contributed by atoms with Gasteiger partial charge in [-0.3, -0.25) is 0 Å². The minimum Gasteiger partial charge on any atom is -0.507 e. The third kappa shape index (κ3) is 3.29. The molecule has 0 aliphatic heterocycles. The summed E-state index contributed by atoms with van der Waals surface area (Å²) in [4.78, 5) is 12.3. The summed E-state index contributed by atoms with van der Waals surface area (Å²) in [6, 6.07) is 3.80. The summed E-state index contributed by atoms with van der Waals surface area (Å²) in [7, 11) is 0. The zero-order valence-electron chi connectivity index (χ0n) is 14.2. The number of hydrogen-bond donors (Lipinski definition) is 1. The first-order valence-corrected chi connectivity index (χ1v) is 8.90. The Kier molecular flexibility index (Phi) is 4.74. The van der Waals surface area contributed by atoms with Gasteiger partial charge >= 0.3 is 5.63 Å². The van der Waals surface area contributed by atoms with Crippen LogP contribution >= 0.6 is 0 Å². The van der Waals surface area contributed by atoms with Gasteiger partial charge in [0.25, 0.3) is 0 Å². The number of phenols is 1. The molecular weight excluding hydrogens is 288 g/mol. The zero-order valence-corrected chi connectivity index (χ0v) is 14.2. The van der Waals surface area contributed by atoms with Gasteiger partial charge in [0.1, 0.15) is 11.3 Å². The van der Waals surface area contributed by atoms with Gasteiger partial charge in [0.2, 0.25) is 0 Å². The first kappa shape index (κ1) is 16.1. The Morgan fingerprint density at radius 1 is 1.22 bits per heavy atom. The fourth-order valence-corrected chi connectivity index (χ4v) is 3.70. The summed E-state index contributed by atoms with van der Waals surface area (Å²) in [5.41, 5.74) is 3.15. The maximum atomic E-state index is 12.3. The highest BCUT2D eigenvalue weighted by molar-refractivity contribution is 5.88. The Hall–Kier alpha value is -1.77. The molecule has 1 aromatic carbocycles. The SMILES string of the molecule is CCCCCCc1cc(O)c2c3c(c(=O)oc2c1)CC[C@@H](C)C3. The fourth-order valence-electron chi connectivity index (χ4n) is 3.70. The van der Waals surface area contributed by atoms with Gasteiger partial charge in [-0.2, -0.15) is 0 Å². The summed E-state index contributed by atoms with van der Waals surface area (Å²) < 4.78 is 5.53. The Bertz CT molecular complexity index is 758. The molecule has 1 N–H and O–H groups in total. The van der Waals surface area contributed by atoms with E-state index in [9.17, 15) is 9.90 Å². The lowest BCUT2D eigenvalue weighted by molar-refractivity contribution is 0.460. The van der Waals surface area contributed by atoms with Crippen LogP contribution < -0.4 is 5.63 Å². The topological polar surface area (TPSA) is 50.4 Å². The Balaban J connectivity index is 2.00. The summed E-state index contributed by atoms with van der Waals surface area (Å²) in [6.45, 7) is 4.39. The highest BCUT2D eigenvalue weighted by Crippen LogP contribution is 2.35. The normalized spacial score (nSPS) is 17.4. The van der Waals surface area contributed by atoms with Gasteiger partial charge in [-0.15, -0.1) is 0 Å². The van der Waals surface area contributed by atoms with Crippen molar-refractivity contribution < 1.29 is 9.52 Å². The van der Waals surface area contributed by atoms with Crippen LogP contribution in [0.1, 0.15) is 62.6 Å². The summed E-state index contributed by atoms with van der Waals surface area (Å²) >= 11 is 0. The molecule has 1 heterocycles. The van der Waals surface area contributed by atoms with E-state index in [1.54, 1.807) is 0 Å². The molecule has 0 saturated carbocycles. The minimum absolute atomic E-state index is 0.220. The summed E-state index contributed by atoms with van der Waals surface area (Å²) in [5.74, 6) is 0.808. The molecule has 0 amide bonds. The molecule has 2 aromatic rings. The molecule has 0 unspecified atom stereocenters. The van der Waals surface area contributed by atoms with E-state index in [0.717, 1.165) is 54.2 Å². The van der Waals surface area contributed by atoms with Crippen LogP contribution in [0.25, 0.3) is 11.0 Å². The van der Waals surface area contributed by atoms with Crippen molar-refractivity contribution in [3.05, 3.63) is 39.2 Å². The maximum absolute atomic E-state index is 12.3. The molecule has 1 atom stereocenters. The molecule has 3 nitrogen and oxygen atoms in total. The second kappa shape index (κ2) is 6.77. The van der Waals surface area contributed by atoms with Gasteiger partial charge in [0.05, 0.1) is 5.39 Å². The predicted molar refractivity (Wildman–Crippen MR) is 93.2 cm³/mol. The predicted octanol–water partition coefficient (Wildman–Crippen LogP) is 4.75. The van der Waals surface area contributed by atoms with Crippen molar-refractivity contribution in [1.82, 2.24) is 0 Å². The smallest absolute Gasteiger partial charge is 0.339 e. The molecule has 0 radical (unpaired) electrons. The summed E-state index contributed by atoms with van der Waals surface area (Å²) in [5, 5.41) is 11.3. The van der Waals surface area contributed by atoms with E-state index in [-0.39, 0.29) is 11.4 Å².